The molecule has 0 spiro atoms. The molecule has 0 saturated carbocycles. The van der Waals surface area contributed by atoms with Gasteiger partial charge < -0.3 is 10.6 Å². The molecule has 0 atom stereocenters. The second kappa shape index (κ2) is 4.27. The van der Waals surface area contributed by atoms with Crippen molar-refractivity contribution in [3.8, 4) is 0 Å². The molecule has 1 aliphatic rings. The third-order valence-corrected chi connectivity index (χ3v) is 4.00. The van der Waals surface area contributed by atoms with Crippen LogP contribution in [0.3, 0.4) is 0 Å². The minimum Gasteiger partial charge on any atom is -0.361 e. The van der Waals surface area contributed by atoms with Gasteiger partial charge in [-0.1, -0.05) is 48.5 Å². The highest BCUT2D eigenvalue weighted by molar-refractivity contribution is 6.04. The molecule has 2 nitrogen and oxygen atoms in total. The molecule has 2 N–H and O–H groups in total. The Morgan fingerprint density at radius 2 is 1.40 bits per heavy atom. The lowest BCUT2D eigenvalue weighted by Crippen LogP contribution is -2.24. The fourth-order valence-electron chi connectivity index (χ4n) is 2.99. The number of hydrogen-bond donors (Lipinski definition) is 2. The van der Waals surface area contributed by atoms with Gasteiger partial charge in [0.1, 0.15) is 6.17 Å². The Morgan fingerprint density at radius 3 is 2.05 bits per heavy atom. The first-order chi connectivity index (χ1) is 9.83. The van der Waals surface area contributed by atoms with E-state index < -0.39 is 0 Å². The minimum atomic E-state index is 0.122. The van der Waals surface area contributed by atoms with Gasteiger partial charge in [-0.25, -0.2) is 0 Å². The monoisotopic (exact) mass is 260 g/mol. The molecule has 3 aromatic carbocycles. The Hall–Kier alpha value is -2.48. The normalized spacial score (nSPS) is 13.8. The van der Waals surface area contributed by atoms with Gasteiger partial charge in [0.25, 0.3) is 0 Å². The molecule has 3 aromatic rings. The summed E-state index contributed by atoms with van der Waals surface area (Å²) in [5.41, 5.74) is 4.98. The first-order valence-corrected chi connectivity index (χ1v) is 6.93. The Morgan fingerprint density at radius 1 is 0.750 bits per heavy atom. The fraction of sp³-hybridized carbons (Fsp3) is 0.111. The van der Waals surface area contributed by atoms with Gasteiger partial charge in [0, 0.05) is 16.8 Å². The highest BCUT2D eigenvalue weighted by Gasteiger charge is 2.20. The van der Waals surface area contributed by atoms with E-state index in [1.165, 1.54) is 33.3 Å². The van der Waals surface area contributed by atoms with E-state index in [0.717, 1.165) is 0 Å². The quantitative estimate of drug-likeness (QED) is 0.663. The SMILES string of the molecule is Cc1ccccc1C1Nc2cccc3cccc(c23)N1. The van der Waals surface area contributed by atoms with Crippen LogP contribution < -0.4 is 10.6 Å². The van der Waals surface area contributed by atoms with E-state index in [1.54, 1.807) is 0 Å². The molecule has 0 bridgehead atoms. The maximum Gasteiger partial charge on any atom is 0.123 e. The van der Waals surface area contributed by atoms with Gasteiger partial charge in [-0.3, -0.25) is 0 Å². The highest BCUT2D eigenvalue weighted by atomic mass is 15.1. The molecule has 0 aliphatic carbocycles. The molecule has 2 heteroatoms. The molecule has 1 aliphatic heterocycles. The molecule has 0 radical (unpaired) electrons. The van der Waals surface area contributed by atoms with E-state index in [-0.39, 0.29) is 6.17 Å². The average Bonchev–Trinajstić information content (AvgIpc) is 2.48. The Balaban J connectivity index is 1.86. The van der Waals surface area contributed by atoms with Crippen molar-refractivity contribution in [3.63, 3.8) is 0 Å². The van der Waals surface area contributed by atoms with Gasteiger partial charge in [0.15, 0.2) is 0 Å². The molecule has 0 amide bonds. The van der Waals surface area contributed by atoms with Crippen LogP contribution >= 0.6 is 0 Å². The summed E-state index contributed by atoms with van der Waals surface area (Å²) in [7, 11) is 0. The van der Waals surface area contributed by atoms with Crippen molar-refractivity contribution < 1.29 is 0 Å². The summed E-state index contributed by atoms with van der Waals surface area (Å²) in [5.74, 6) is 0. The van der Waals surface area contributed by atoms with Crippen LogP contribution in [0.2, 0.25) is 0 Å². The van der Waals surface area contributed by atoms with Crippen LogP contribution in [0.15, 0.2) is 60.7 Å². The first kappa shape index (κ1) is 11.4. The maximum absolute atomic E-state index is 3.61. The Labute approximate surface area is 118 Å². The molecular formula is C18H16N2. The molecule has 1 heterocycles. The maximum atomic E-state index is 3.61. The Bertz CT molecular complexity index is 752. The lowest BCUT2D eigenvalue weighted by Gasteiger charge is -2.30. The third kappa shape index (κ3) is 1.65. The predicted molar refractivity (Wildman–Crippen MR) is 85.1 cm³/mol. The first-order valence-electron chi connectivity index (χ1n) is 6.93. The number of nitrogens with one attached hydrogen (secondary N) is 2. The van der Waals surface area contributed by atoms with E-state index in [2.05, 4.69) is 78.2 Å². The summed E-state index contributed by atoms with van der Waals surface area (Å²) in [6.07, 6.45) is 0.122. The van der Waals surface area contributed by atoms with Crippen LogP contribution in [0.1, 0.15) is 17.3 Å². The summed E-state index contributed by atoms with van der Waals surface area (Å²) < 4.78 is 0. The zero-order chi connectivity index (χ0) is 13.5. The smallest absolute Gasteiger partial charge is 0.123 e. The number of aryl methyl sites for hydroxylation is 1. The average molecular weight is 260 g/mol. The second-order valence-corrected chi connectivity index (χ2v) is 5.29. The van der Waals surface area contributed by atoms with Gasteiger partial charge in [0.05, 0.1) is 0 Å². The summed E-state index contributed by atoms with van der Waals surface area (Å²) in [5, 5.41) is 9.76. The largest absolute Gasteiger partial charge is 0.361 e. The summed E-state index contributed by atoms with van der Waals surface area (Å²) >= 11 is 0. The van der Waals surface area contributed by atoms with Crippen LogP contribution in [-0.4, -0.2) is 0 Å². The van der Waals surface area contributed by atoms with Gasteiger partial charge in [-0.2, -0.15) is 0 Å². The van der Waals surface area contributed by atoms with Crippen molar-refractivity contribution in [2.45, 2.75) is 13.1 Å². The molecule has 0 fully saturated rings. The highest BCUT2D eigenvalue weighted by Crippen LogP contribution is 2.38. The van der Waals surface area contributed by atoms with E-state index >= 15 is 0 Å². The van der Waals surface area contributed by atoms with Gasteiger partial charge in [-0.05, 0) is 35.6 Å². The number of anilines is 2. The predicted octanol–water partition coefficient (Wildman–Crippen LogP) is 4.68. The second-order valence-electron chi connectivity index (χ2n) is 5.29. The van der Waals surface area contributed by atoms with Crippen LogP contribution in [0, 0.1) is 6.92 Å². The molecule has 20 heavy (non-hydrogen) atoms. The number of benzene rings is 3. The molecule has 4 rings (SSSR count). The fourth-order valence-corrected chi connectivity index (χ4v) is 2.99. The topological polar surface area (TPSA) is 24.1 Å². The summed E-state index contributed by atoms with van der Waals surface area (Å²) in [6, 6.07) is 21.3. The zero-order valence-corrected chi connectivity index (χ0v) is 11.4. The van der Waals surface area contributed by atoms with Gasteiger partial charge in [-0.15, -0.1) is 0 Å². The lowest BCUT2D eigenvalue weighted by molar-refractivity contribution is 0.886. The molecule has 0 aromatic heterocycles. The van der Waals surface area contributed by atoms with E-state index in [1.807, 2.05) is 0 Å². The minimum absolute atomic E-state index is 0.122. The van der Waals surface area contributed by atoms with Crippen LogP contribution in [0.4, 0.5) is 11.4 Å². The number of hydrogen-bond acceptors (Lipinski definition) is 2. The van der Waals surface area contributed by atoms with Crippen LogP contribution in [0.25, 0.3) is 10.8 Å². The van der Waals surface area contributed by atoms with Gasteiger partial charge in [0.2, 0.25) is 0 Å². The summed E-state index contributed by atoms with van der Waals surface area (Å²) in [4.78, 5) is 0. The third-order valence-electron chi connectivity index (χ3n) is 4.00. The standard InChI is InChI=1S/C18H16N2/c1-12-6-2-3-9-14(12)18-19-15-10-4-7-13-8-5-11-16(20-18)17(13)15/h2-11,18-20H,1H3. The summed E-state index contributed by atoms with van der Waals surface area (Å²) in [6.45, 7) is 2.15. The van der Waals surface area contributed by atoms with E-state index in [4.69, 9.17) is 0 Å². The van der Waals surface area contributed by atoms with Crippen molar-refractivity contribution in [2.24, 2.45) is 0 Å². The van der Waals surface area contributed by atoms with Crippen molar-refractivity contribution in [3.05, 3.63) is 71.8 Å². The van der Waals surface area contributed by atoms with Crippen molar-refractivity contribution >= 4 is 22.1 Å². The van der Waals surface area contributed by atoms with Crippen molar-refractivity contribution in [2.75, 3.05) is 10.6 Å². The van der Waals surface area contributed by atoms with E-state index in [9.17, 15) is 0 Å². The van der Waals surface area contributed by atoms with Crippen molar-refractivity contribution in [1.29, 1.82) is 0 Å². The zero-order valence-electron chi connectivity index (χ0n) is 11.4. The number of rotatable bonds is 1. The molecule has 0 unspecified atom stereocenters. The van der Waals surface area contributed by atoms with Crippen LogP contribution in [-0.2, 0) is 0 Å². The van der Waals surface area contributed by atoms with Crippen LogP contribution in [0.5, 0.6) is 0 Å². The molecule has 98 valence electrons. The molecule has 0 saturated heterocycles. The van der Waals surface area contributed by atoms with Gasteiger partial charge >= 0.3 is 0 Å². The van der Waals surface area contributed by atoms with E-state index in [0.29, 0.717) is 0 Å². The Kier molecular flexibility index (Phi) is 2.43. The van der Waals surface area contributed by atoms with Crippen molar-refractivity contribution in [1.82, 2.24) is 0 Å². The molecular weight excluding hydrogens is 244 g/mol. The lowest BCUT2D eigenvalue weighted by atomic mass is 10.0.